The predicted octanol–water partition coefficient (Wildman–Crippen LogP) is 3.01. The first-order valence-corrected chi connectivity index (χ1v) is 7.66. The van der Waals surface area contributed by atoms with Gasteiger partial charge in [0.1, 0.15) is 5.82 Å². The quantitative estimate of drug-likeness (QED) is 0.735. The van der Waals surface area contributed by atoms with Gasteiger partial charge in [0.25, 0.3) is 5.91 Å². The Morgan fingerprint density at radius 1 is 1.14 bits per heavy atom. The van der Waals surface area contributed by atoms with Crippen LogP contribution in [0.3, 0.4) is 0 Å². The number of nitrogens with one attached hydrogen (secondary N) is 2. The third-order valence-corrected chi connectivity index (χ3v) is 3.31. The Bertz CT molecular complexity index is 586. The minimum Gasteiger partial charge on any atom is -0.370 e. The summed E-state index contributed by atoms with van der Waals surface area (Å²) >= 11 is 0. The number of aromatic nitrogens is 2. The van der Waals surface area contributed by atoms with Gasteiger partial charge in [0.05, 0.1) is 0 Å². The molecule has 0 saturated heterocycles. The standard InChI is InChI=1S/C17H22N4O/c1-2-3-4-8-19-16-12-15(7-11-20-16)17(22)21-13-14-5-9-18-10-6-14/h5-7,9-12H,2-4,8,13H2,1H3,(H,19,20)(H,21,22). The van der Waals surface area contributed by atoms with Gasteiger partial charge in [-0.05, 0) is 36.2 Å². The molecule has 0 aliphatic carbocycles. The van der Waals surface area contributed by atoms with E-state index in [0.717, 1.165) is 24.3 Å². The summed E-state index contributed by atoms with van der Waals surface area (Å²) in [6.07, 6.45) is 8.57. The maximum absolute atomic E-state index is 12.2. The van der Waals surface area contributed by atoms with E-state index in [9.17, 15) is 4.79 Å². The Kier molecular flexibility index (Phi) is 6.36. The van der Waals surface area contributed by atoms with Gasteiger partial charge in [-0.25, -0.2) is 4.98 Å². The van der Waals surface area contributed by atoms with Gasteiger partial charge in [0.15, 0.2) is 0 Å². The molecule has 0 saturated carbocycles. The second-order valence-corrected chi connectivity index (χ2v) is 5.10. The van der Waals surface area contributed by atoms with Crippen molar-refractivity contribution in [3.05, 3.63) is 54.0 Å². The van der Waals surface area contributed by atoms with Gasteiger partial charge < -0.3 is 10.6 Å². The van der Waals surface area contributed by atoms with E-state index in [4.69, 9.17) is 0 Å². The average molecular weight is 298 g/mol. The molecule has 1 amide bonds. The van der Waals surface area contributed by atoms with E-state index >= 15 is 0 Å². The van der Waals surface area contributed by atoms with Gasteiger partial charge in [-0.1, -0.05) is 19.8 Å². The molecule has 0 radical (unpaired) electrons. The van der Waals surface area contributed by atoms with Crippen LogP contribution >= 0.6 is 0 Å². The Balaban J connectivity index is 1.86. The van der Waals surface area contributed by atoms with Crippen molar-refractivity contribution in [1.82, 2.24) is 15.3 Å². The fourth-order valence-corrected chi connectivity index (χ4v) is 2.04. The Morgan fingerprint density at radius 3 is 2.73 bits per heavy atom. The molecule has 2 heterocycles. The zero-order chi connectivity index (χ0) is 15.6. The number of nitrogens with zero attached hydrogens (tertiary/aromatic N) is 2. The average Bonchev–Trinajstić information content (AvgIpc) is 2.58. The Morgan fingerprint density at radius 2 is 1.95 bits per heavy atom. The van der Waals surface area contributed by atoms with Crippen LogP contribution in [0.25, 0.3) is 0 Å². The molecule has 0 unspecified atom stereocenters. The monoisotopic (exact) mass is 298 g/mol. The van der Waals surface area contributed by atoms with Crippen LogP contribution in [0.5, 0.6) is 0 Å². The highest BCUT2D eigenvalue weighted by atomic mass is 16.1. The van der Waals surface area contributed by atoms with E-state index < -0.39 is 0 Å². The number of carbonyl (C=O) groups is 1. The largest absolute Gasteiger partial charge is 0.370 e. The van der Waals surface area contributed by atoms with E-state index in [-0.39, 0.29) is 5.91 Å². The third-order valence-electron chi connectivity index (χ3n) is 3.31. The van der Waals surface area contributed by atoms with Crippen LogP contribution in [0.4, 0.5) is 5.82 Å². The highest BCUT2D eigenvalue weighted by molar-refractivity contribution is 5.94. The molecule has 0 spiro atoms. The SMILES string of the molecule is CCCCCNc1cc(C(=O)NCc2ccncc2)ccn1. The minimum absolute atomic E-state index is 0.101. The van der Waals surface area contributed by atoms with Crippen molar-refractivity contribution in [3.63, 3.8) is 0 Å². The summed E-state index contributed by atoms with van der Waals surface area (Å²) in [6, 6.07) is 7.27. The number of hydrogen-bond acceptors (Lipinski definition) is 4. The maximum Gasteiger partial charge on any atom is 0.251 e. The summed E-state index contributed by atoms with van der Waals surface area (Å²) in [4.78, 5) is 20.4. The highest BCUT2D eigenvalue weighted by Crippen LogP contribution is 2.08. The van der Waals surface area contributed by atoms with Crippen molar-refractivity contribution in [1.29, 1.82) is 0 Å². The Hall–Kier alpha value is -2.43. The van der Waals surface area contributed by atoms with Gasteiger partial charge in [-0.3, -0.25) is 9.78 Å². The van der Waals surface area contributed by atoms with Crippen molar-refractivity contribution in [2.75, 3.05) is 11.9 Å². The molecule has 0 aliphatic rings. The molecule has 0 atom stereocenters. The van der Waals surface area contributed by atoms with Gasteiger partial charge in [0, 0.05) is 37.2 Å². The normalized spacial score (nSPS) is 10.2. The highest BCUT2D eigenvalue weighted by Gasteiger charge is 2.06. The van der Waals surface area contributed by atoms with E-state index in [1.807, 2.05) is 12.1 Å². The molecular weight excluding hydrogens is 276 g/mol. The van der Waals surface area contributed by atoms with Gasteiger partial charge >= 0.3 is 0 Å². The number of unbranched alkanes of at least 4 members (excludes halogenated alkanes) is 2. The lowest BCUT2D eigenvalue weighted by Crippen LogP contribution is -2.23. The second kappa shape index (κ2) is 8.77. The molecular formula is C17H22N4O. The topological polar surface area (TPSA) is 66.9 Å². The summed E-state index contributed by atoms with van der Waals surface area (Å²) in [5, 5.41) is 6.15. The molecule has 116 valence electrons. The van der Waals surface area contributed by atoms with Crippen molar-refractivity contribution in [3.8, 4) is 0 Å². The number of rotatable bonds is 8. The van der Waals surface area contributed by atoms with E-state index in [1.165, 1.54) is 12.8 Å². The van der Waals surface area contributed by atoms with Crippen LogP contribution in [0.1, 0.15) is 42.1 Å². The number of carbonyl (C=O) groups excluding carboxylic acids is 1. The molecule has 5 nitrogen and oxygen atoms in total. The number of hydrogen-bond donors (Lipinski definition) is 2. The van der Waals surface area contributed by atoms with Crippen molar-refractivity contribution < 1.29 is 4.79 Å². The molecule has 0 aromatic carbocycles. The summed E-state index contributed by atoms with van der Waals surface area (Å²) in [7, 11) is 0. The second-order valence-electron chi connectivity index (χ2n) is 5.10. The fraction of sp³-hybridized carbons (Fsp3) is 0.353. The lowest BCUT2D eigenvalue weighted by molar-refractivity contribution is 0.0951. The summed E-state index contributed by atoms with van der Waals surface area (Å²) in [6.45, 7) is 3.54. The van der Waals surface area contributed by atoms with Gasteiger partial charge in [0.2, 0.25) is 0 Å². The van der Waals surface area contributed by atoms with Crippen LogP contribution in [0.2, 0.25) is 0 Å². The molecule has 2 rings (SSSR count). The van der Waals surface area contributed by atoms with E-state index in [2.05, 4.69) is 27.5 Å². The van der Waals surface area contributed by atoms with Gasteiger partial charge in [-0.15, -0.1) is 0 Å². The molecule has 2 aromatic heterocycles. The third kappa shape index (κ3) is 5.16. The number of anilines is 1. The van der Waals surface area contributed by atoms with E-state index in [0.29, 0.717) is 12.1 Å². The predicted molar refractivity (Wildman–Crippen MR) is 87.7 cm³/mol. The zero-order valence-electron chi connectivity index (χ0n) is 12.9. The molecule has 0 aliphatic heterocycles. The molecule has 0 bridgehead atoms. The summed E-state index contributed by atoms with van der Waals surface area (Å²) < 4.78 is 0. The molecule has 22 heavy (non-hydrogen) atoms. The van der Waals surface area contributed by atoms with Crippen LogP contribution in [0, 0.1) is 0 Å². The first-order valence-electron chi connectivity index (χ1n) is 7.66. The smallest absolute Gasteiger partial charge is 0.251 e. The van der Waals surface area contributed by atoms with Crippen molar-refractivity contribution >= 4 is 11.7 Å². The maximum atomic E-state index is 12.2. The number of pyridine rings is 2. The lowest BCUT2D eigenvalue weighted by Gasteiger charge is -2.08. The van der Waals surface area contributed by atoms with E-state index in [1.54, 1.807) is 30.7 Å². The van der Waals surface area contributed by atoms with Gasteiger partial charge in [-0.2, -0.15) is 0 Å². The Labute approximate surface area is 131 Å². The minimum atomic E-state index is -0.101. The summed E-state index contributed by atoms with van der Waals surface area (Å²) in [5.74, 6) is 0.642. The lowest BCUT2D eigenvalue weighted by atomic mass is 10.2. The first-order chi connectivity index (χ1) is 10.8. The van der Waals surface area contributed by atoms with Crippen LogP contribution in [-0.2, 0) is 6.54 Å². The molecule has 2 aromatic rings. The zero-order valence-corrected chi connectivity index (χ0v) is 12.9. The summed E-state index contributed by atoms with van der Waals surface area (Å²) in [5.41, 5.74) is 1.64. The number of amides is 1. The molecule has 2 N–H and O–H groups in total. The van der Waals surface area contributed by atoms with Crippen LogP contribution in [0.15, 0.2) is 42.9 Å². The molecule has 5 heteroatoms. The fourth-order valence-electron chi connectivity index (χ4n) is 2.04. The first kappa shape index (κ1) is 15.9. The van der Waals surface area contributed by atoms with Crippen LogP contribution in [-0.4, -0.2) is 22.4 Å². The van der Waals surface area contributed by atoms with Crippen molar-refractivity contribution in [2.24, 2.45) is 0 Å². The molecule has 0 fully saturated rings. The van der Waals surface area contributed by atoms with Crippen LogP contribution < -0.4 is 10.6 Å². The van der Waals surface area contributed by atoms with Crippen molar-refractivity contribution in [2.45, 2.75) is 32.7 Å².